The number of phosphoric ester groups is 1. The van der Waals surface area contributed by atoms with Crippen molar-refractivity contribution in [1.82, 2.24) is 5.32 Å². The van der Waals surface area contributed by atoms with Crippen LogP contribution in [0.2, 0.25) is 0 Å². The van der Waals surface area contributed by atoms with Crippen molar-refractivity contribution in [3.8, 4) is 0 Å². The van der Waals surface area contributed by atoms with Crippen LogP contribution in [0.1, 0.15) is 278 Å². The monoisotopic (exact) mass is 1120 g/mol. The maximum atomic E-state index is 13.6. The maximum absolute atomic E-state index is 13.6. The van der Waals surface area contributed by atoms with E-state index < -0.39 is 26.6 Å². The molecule has 0 saturated carbocycles. The Kier molecular flexibility index (Phi) is 55.9. The van der Waals surface area contributed by atoms with Crippen LogP contribution < -0.4 is 10.2 Å². The SMILES string of the molecule is CC/C=C\C/C=C\C/C=C\C/C=C\C/C=C\CCCCCCCCCC(=O)NC(COP(=O)([O-])OCC[N+](C)(C)C)C(/C=C\CCCCCCCCCCCCC)OC(=O)CCCCCCCCC/C=C\C/C=C\CCCCC. The lowest BCUT2D eigenvalue weighted by atomic mass is 10.0. The number of unbranched alkanes of at least 4 members (excludes halogenated alkanes) is 28. The van der Waals surface area contributed by atoms with Crippen LogP contribution in [0.4, 0.5) is 0 Å². The van der Waals surface area contributed by atoms with Gasteiger partial charge in [0.25, 0.3) is 7.82 Å². The zero-order chi connectivity index (χ0) is 57.9. The molecule has 0 aliphatic rings. The van der Waals surface area contributed by atoms with Crippen molar-refractivity contribution >= 4 is 19.7 Å². The van der Waals surface area contributed by atoms with E-state index in [1.54, 1.807) is 0 Å². The van der Waals surface area contributed by atoms with Crippen LogP contribution in [0.15, 0.2) is 97.2 Å². The number of hydrogen-bond acceptors (Lipinski definition) is 7. The summed E-state index contributed by atoms with van der Waals surface area (Å²) in [5.74, 6) is -0.563. The van der Waals surface area contributed by atoms with Crippen LogP contribution in [-0.2, 0) is 27.9 Å². The average Bonchev–Trinajstić information content (AvgIpc) is 3.41. The Morgan fingerprint density at radius 1 is 0.456 bits per heavy atom. The quantitative estimate of drug-likeness (QED) is 0.0212. The van der Waals surface area contributed by atoms with E-state index in [-0.39, 0.29) is 24.9 Å². The van der Waals surface area contributed by atoms with E-state index in [9.17, 15) is 19.0 Å². The summed E-state index contributed by atoms with van der Waals surface area (Å²) < 4.78 is 30.4. The second kappa shape index (κ2) is 58.1. The summed E-state index contributed by atoms with van der Waals surface area (Å²) in [4.78, 5) is 40.1. The Hall–Kier alpha value is -3.07. The highest BCUT2D eigenvalue weighted by Gasteiger charge is 2.27. The third-order valence-corrected chi connectivity index (χ3v) is 15.0. The number of carbonyl (C=O) groups is 2. The molecule has 0 aromatic rings. The maximum Gasteiger partial charge on any atom is 0.306 e. The summed E-state index contributed by atoms with van der Waals surface area (Å²) in [6, 6.07) is -0.904. The predicted octanol–water partition coefficient (Wildman–Crippen LogP) is 19.7. The zero-order valence-corrected chi connectivity index (χ0v) is 52.9. The van der Waals surface area contributed by atoms with Crippen molar-refractivity contribution in [1.29, 1.82) is 0 Å². The number of ether oxygens (including phenoxy) is 1. The van der Waals surface area contributed by atoms with Gasteiger partial charge in [0, 0.05) is 12.8 Å². The summed E-state index contributed by atoms with van der Waals surface area (Å²) in [6.07, 6.45) is 77.9. The van der Waals surface area contributed by atoms with E-state index in [1.165, 1.54) is 122 Å². The number of amides is 1. The molecule has 0 bridgehead atoms. The highest BCUT2D eigenvalue weighted by molar-refractivity contribution is 7.45. The van der Waals surface area contributed by atoms with Gasteiger partial charge >= 0.3 is 5.97 Å². The zero-order valence-electron chi connectivity index (χ0n) is 52.1. The van der Waals surface area contributed by atoms with Crippen molar-refractivity contribution in [2.75, 3.05) is 40.9 Å². The molecule has 1 N–H and O–H groups in total. The fourth-order valence-corrected chi connectivity index (χ4v) is 9.71. The van der Waals surface area contributed by atoms with Gasteiger partial charge in [0.05, 0.1) is 33.8 Å². The lowest BCUT2D eigenvalue weighted by molar-refractivity contribution is -0.870. The number of allylic oxidation sites excluding steroid dienone is 15. The molecule has 0 radical (unpaired) electrons. The van der Waals surface area contributed by atoms with Gasteiger partial charge in [0.15, 0.2) is 0 Å². The van der Waals surface area contributed by atoms with E-state index in [1.807, 2.05) is 33.3 Å². The first-order valence-corrected chi connectivity index (χ1v) is 34.0. The lowest BCUT2D eigenvalue weighted by Gasteiger charge is -2.30. The molecular weight excluding hydrogens is 1000 g/mol. The van der Waals surface area contributed by atoms with Crippen molar-refractivity contribution in [3.63, 3.8) is 0 Å². The number of hydrogen-bond donors (Lipinski definition) is 1. The molecule has 0 aliphatic heterocycles. The molecule has 0 aliphatic carbocycles. The van der Waals surface area contributed by atoms with E-state index in [2.05, 4.69) is 111 Å². The smallest absolute Gasteiger partial charge is 0.306 e. The summed E-state index contributed by atoms with van der Waals surface area (Å²) in [6.45, 7) is 6.70. The Bertz CT molecular complexity index is 1670. The first kappa shape index (κ1) is 75.9. The van der Waals surface area contributed by atoms with Gasteiger partial charge in [-0.1, -0.05) is 253 Å². The van der Waals surface area contributed by atoms with Crippen LogP contribution in [0, 0.1) is 0 Å². The first-order chi connectivity index (χ1) is 38.4. The van der Waals surface area contributed by atoms with E-state index >= 15 is 0 Å². The lowest BCUT2D eigenvalue weighted by Crippen LogP contribution is -2.47. The molecular formula is C69H123N2O7P. The molecule has 1 amide bonds. The largest absolute Gasteiger partial charge is 0.756 e. The minimum absolute atomic E-state index is 0.0302. The van der Waals surface area contributed by atoms with E-state index in [0.717, 1.165) is 122 Å². The number of esters is 1. The summed E-state index contributed by atoms with van der Waals surface area (Å²) >= 11 is 0. The Morgan fingerprint density at radius 3 is 1.24 bits per heavy atom. The summed E-state index contributed by atoms with van der Waals surface area (Å²) in [5.41, 5.74) is 0. The minimum Gasteiger partial charge on any atom is -0.756 e. The molecule has 9 nitrogen and oxygen atoms in total. The fraction of sp³-hybridized carbons (Fsp3) is 0.739. The molecule has 10 heteroatoms. The third-order valence-electron chi connectivity index (χ3n) is 14.0. The van der Waals surface area contributed by atoms with Gasteiger partial charge < -0.3 is 28.5 Å². The molecule has 0 spiro atoms. The van der Waals surface area contributed by atoms with Crippen LogP contribution in [-0.4, -0.2) is 69.4 Å². The topological polar surface area (TPSA) is 114 Å². The van der Waals surface area contributed by atoms with Crippen molar-refractivity contribution in [3.05, 3.63) is 97.2 Å². The van der Waals surface area contributed by atoms with Crippen LogP contribution in [0.5, 0.6) is 0 Å². The van der Waals surface area contributed by atoms with Crippen molar-refractivity contribution in [2.24, 2.45) is 0 Å². The van der Waals surface area contributed by atoms with Crippen LogP contribution >= 0.6 is 7.82 Å². The molecule has 0 aromatic heterocycles. The molecule has 0 fully saturated rings. The number of quaternary nitrogens is 1. The Morgan fingerprint density at radius 2 is 0.810 bits per heavy atom. The molecule has 3 unspecified atom stereocenters. The van der Waals surface area contributed by atoms with Crippen LogP contribution in [0.25, 0.3) is 0 Å². The minimum atomic E-state index is -4.71. The van der Waals surface area contributed by atoms with Crippen molar-refractivity contribution in [2.45, 2.75) is 290 Å². The van der Waals surface area contributed by atoms with Gasteiger partial charge in [-0.05, 0) is 109 Å². The van der Waals surface area contributed by atoms with Gasteiger partial charge in [-0.2, -0.15) is 0 Å². The van der Waals surface area contributed by atoms with Gasteiger partial charge in [-0.3, -0.25) is 14.2 Å². The highest BCUT2D eigenvalue weighted by atomic mass is 31.2. The number of nitrogens with zero attached hydrogens (tertiary/aromatic N) is 1. The van der Waals surface area contributed by atoms with Gasteiger partial charge in [-0.25, -0.2) is 0 Å². The van der Waals surface area contributed by atoms with E-state index in [4.69, 9.17) is 13.8 Å². The molecule has 0 aromatic carbocycles. The molecule has 456 valence electrons. The number of rotatable bonds is 58. The Labute approximate surface area is 488 Å². The highest BCUT2D eigenvalue weighted by Crippen LogP contribution is 2.38. The number of likely N-dealkylation sites (N-methyl/N-ethyl adjacent to an activating group) is 1. The van der Waals surface area contributed by atoms with Gasteiger partial charge in [-0.15, -0.1) is 0 Å². The Balaban J connectivity index is 5.26. The molecule has 0 saturated heterocycles. The summed E-state index contributed by atoms with van der Waals surface area (Å²) in [5, 5.41) is 3.03. The molecule has 0 rings (SSSR count). The van der Waals surface area contributed by atoms with Gasteiger partial charge in [0.2, 0.25) is 5.91 Å². The normalized spacial score (nSPS) is 14.3. The molecule has 79 heavy (non-hydrogen) atoms. The number of nitrogens with one attached hydrogen (secondary N) is 1. The number of phosphoric acid groups is 1. The second-order valence-electron chi connectivity index (χ2n) is 22.9. The van der Waals surface area contributed by atoms with E-state index in [0.29, 0.717) is 17.4 Å². The number of carbonyl (C=O) groups excluding carboxylic acids is 2. The standard InChI is InChI=1S/C69H123N2O7P/c1-7-10-13-16-19-22-25-28-30-32-33-34-35-36-37-39-40-43-46-49-52-55-58-61-68(72)70-66(65-77-79(74,75)76-64-63-71(4,5)6)67(60-57-54-51-48-45-42-27-24-21-18-15-12-9-3)78-69(73)62-59-56-53-50-47-44-41-38-31-29-26-23-20-17-14-11-8-2/h10,13,19-20,22-23,28-31,33-34,36-37,57,60,66-67H,7-9,11-12,14-18,21,24-27,32,35,38-56,58-59,61-65H2,1-6H3,(H-,70,72,74,75)/b13-10-,22-19-,23-20-,30-28-,31-29-,34-33-,37-36-,60-57-. The second-order valence-corrected chi connectivity index (χ2v) is 24.3. The molecule has 3 atom stereocenters. The van der Waals surface area contributed by atoms with Crippen LogP contribution in [0.3, 0.4) is 0 Å². The third kappa shape index (κ3) is 59.4. The fourth-order valence-electron chi connectivity index (χ4n) is 8.99. The first-order valence-electron chi connectivity index (χ1n) is 32.5. The average molecular weight is 1120 g/mol. The predicted molar refractivity (Wildman–Crippen MR) is 339 cm³/mol. The summed E-state index contributed by atoms with van der Waals surface area (Å²) in [7, 11) is 1.16. The van der Waals surface area contributed by atoms with Crippen molar-refractivity contribution < 1.29 is 37.3 Å². The molecule has 0 heterocycles. The van der Waals surface area contributed by atoms with Gasteiger partial charge in [0.1, 0.15) is 19.3 Å².